The highest BCUT2D eigenvalue weighted by Gasteiger charge is 2.21. The molecule has 0 saturated carbocycles. The number of hydrogen-bond donors (Lipinski definition) is 1. The van der Waals surface area contributed by atoms with Crippen molar-refractivity contribution in [3.63, 3.8) is 0 Å². The Hall–Kier alpha value is -3.48. The van der Waals surface area contributed by atoms with Crippen molar-refractivity contribution < 1.29 is 14.5 Å². The molecule has 0 aliphatic carbocycles. The molecule has 0 amide bonds. The van der Waals surface area contributed by atoms with Crippen LogP contribution in [0, 0.1) is 10.1 Å². The number of pyridine rings is 1. The van der Waals surface area contributed by atoms with Gasteiger partial charge in [0.2, 0.25) is 0 Å². The first-order valence-electron chi connectivity index (χ1n) is 7.53. The van der Waals surface area contributed by atoms with Gasteiger partial charge in [0.05, 0.1) is 17.5 Å². The molecule has 7 heteroatoms. The molecule has 0 spiro atoms. The number of ether oxygens (including phenoxy) is 1. The van der Waals surface area contributed by atoms with Crippen molar-refractivity contribution in [2.75, 3.05) is 12.4 Å². The predicted molar refractivity (Wildman–Crippen MR) is 93.5 cm³/mol. The molecule has 126 valence electrons. The van der Waals surface area contributed by atoms with Crippen molar-refractivity contribution in [3.05, 3.63) is 76.0 Å². The summed E-state index contributed by atoms with van der Waals surface area (Å²) < 4.78 is 4.62. The lowest BCUT2D eigenvalue weighted by Gasteiger charge is -2.10. The number of para-hydroxylation sites is 1. The summed E-state index contributed by atoms with van der Waals surface area (Å²) >= 11 is 0. The molecule has 1 aromatic heterocycles. The number of methoxy groups -OCH3 is 1. The van der Waals surface area contributed by atoms with Gasteiger partial charge in [-0.3, -0.25) is 15.1 Å². The zero-order valence-corrected chi connectivity index (χ0v) is 13.4. The van der Waals surface area contributed by atoms with Gasteiger partial charge in [0.15, 0.2) is 0 Å². The van der Waals surface area contributed by atoms with Crippen molar-refractivity contribution in [1.82, 2.24) is 4.98 Å². The van der Waals surface area contributed by atoms with Gasteiger partial charge in [0.1, 0.15) is 5.56 Å². The molecule has 3 aromatic rings. The number of nitro groups is 1. The van der Waals surface area contributed by atoms with Gasteiger partial charge in [-0.25, -0.2) is 4.79 Å². The largest absolute Gasteiger partial charge is 0.465 e. The Morgan fingerprint density at radius 3 is 2.80 bits per heavy atom. The summed E-state index contributed by atoms with van der Waals surface area (Å²) in [4.78, 5) is 26.6. The number of hydrogen-bond acceptors (Lipinski definition) is 6. The molecule has 1 heterocycles. The van der Waals surface area contributed by atoms with Crippen molar-refractivity contribution in [2.24, 2.45) is 0 Å². The van der Waals surface area contributed by atoms with Gasteiger partial charge in [0, 0.05) is 29.9 Å². The van der Waals surface area contributed by atoms with Gasteiger partial charge in [-0.05, 0) is 23.8 Å². The van der Waals surface area contributed by atoms with Crippen LogP contribution in [0.25, 0.3) is 10.9 Å². The van der Waals surface area contributed by atoms with Crippen LogP contribution in [0.1, 0.15) is 15.9 Å². The van der Waals surface area contributed by atoms with Crippen LogP contribution in [0.3, 0.4) is 0 Å². The van der Waals surface area contributed by atoms with Crippen LogP contribution in [-0.4, -0.2) is 23.0 Å². The number of nitrogens with zero attached hydrogens (tertiary/aromatic N) is 2. The van der Waals surface area contributed by atoms with Crippen molar-refractivity contribution in [3.8, 4) is 0 Å². The second-order valence-electron chi connectivity index (χ2n) is 5.33. The lowest BCUT2D eigenvalue weighted by Crippen LogP contribution is -2.07. The van der Waals surface area contributed by atoms with E-state index >= 15 is 0 Å². The number of nitro benzene ring substituents is 1. The summed E-state index contributed by atoms with van der Waals surface area (Å²) in [5.41, 5.74) is 2.07. The molecule has 0 saturated heterocycles. The number of aromatic nitrogens is 1. The van der Waals surface area contributed by atoms with E-state index in [-0.39, 0.29) is 11.3 Å². The van der Waals surface area contributed by atoms with E-state index in [1.807, 2.05) is 30.3 Å². The number of esters is 1. The topological polar surface area (TPSA) is 94.4 Å². The first-order chi connectivity index (χ1) is 12.1. The molecule has 3 rings (SSSR count). The SMILES string of the molecule is COC(=O)c1cc(NCc2cccc3cccnc23)ccc1[N+](=O)[O-]. The Labute approximate surface area is 143 Å². The number of fused-ring (bicyclic) bond motifs is 1. The average Bonchev–Trinajstić information content (AvgIpc) is 2.65. The molecule has 0 radical (unpaired) electrons. The average molecular weight is 337 g/mol. The normalized spacial score (nSPS) is 10.4. The highest BCUT2D eigenvalue weighted by atomic mass is 16.6. The third-order valence-electron chi connectivity index (χ3n) is 3.80. The second kappa shape index (κ2) is 6.96. The monoisotopic (exact) mass is 337 g/mol. The molecule has 0 unspecified atom stereocenters. The summed E-state index contributed by atoms with van der Waals surface area (Å²) in [5.74, 6) is -0.748. The van der Waals surface area contributed by atoms with Crippen LogP contribution < -0.4 is 5.32 Å². The minimum Gasteiger partial charge on any atom is -0.465 e. The van der Waals surface area contributed by atoms with Gasteiger partial charge >= 0.3 is 5.97 Å². The van der Waals surface area contributed by atoms with E-state index in [1.54, 1.807) is 12.3 Å². The molecule has 0 aliphatic heterocycles. The molecule has 0 atom stereocenters. The maximum Gasteiger partial charge on any atom is 0.344 e. The van der Waals surface area contributed by atoms with Crippen LogP contribution in [0.5, 0.6) is 0 Å². The van der Waals surface area contributed by atoms with Crippen LogP contribution >= 0.6 is 0 Å². The third kappa shape index (κ3) is 3.40. The Bertz CT molecular complexity index is 951. The maximum atomic E-state index is 11.8. The first-order valence-corrected chi connectivity index (χ1v) is 7.53. The number of carbonyl (C=O) groups is 1. The number of benzene rings is 2. The van der Waals surface area contributed by atoms with E-state index in [1.165, 1.54) is 19.2 Å². The zero-order valence-electron chi connectivity index (χ0n) is 13.4. The lowest BCUT2D eigenvalue weighted by atomic mass is 10.1. The Morgan fingerprint density at radius 1 is 1.24 bits per heavy atom. The number of nitrogens with one attached hydrogen (secondary N) is 1. The van der Waals surface area contributed by atoms with Crippen LogP contribution in [0.15, 0.2) is 54.7 Å². The van der Waals surface area contributed by atoms with E-state index in [0.717, 1.165) is 16.5 Å². The van der Waals surface area contributed by atoms with E-state index in [2.05, 4.69) is 15.0 Å². The van der Waals surface area contributed by atoms with Crippen molar-refractivity contribution in [1.29, 1.82) is 0 Å². The molecule has 25 heavy (non-hydrogen) atoms. The second-order valence-corrected chi connectivity index (χ2v) is 5.33. The fourth-order valence-corrected chi connectivity index (χ4v) is 2.59. The van der Waals surface area contributed by atoms with Gasteiger partial charge in [-0.2, -0.15) is 0 Å². The summed E-state index contributed by atoms with van der Waals surface area (Å²) in [6, 6.07) is 14.0. The van der Waals surface area contributed by atoms with Crippen LogP contribution in [0.4, 0.5) is 11.4 Å². The fourth-order valence-electron chi connectivity index (χ4n) is 2.59. The Kier molecular flexibility index (Phi) is 4.56. The Balaban J connectivity index is 1.88. The summed E-state index contributed by atoms with van der Waals surface area (Å²) in [5, 5.41) is 15.2. The molecule has 2 aromatic carbocycles. The summed E-state index contributed by atoms with van der Waals surface area (Å²) in [6.45, 7) is 0.465. The van der Waals surface area contributed by atoms with Crippen molar-refractivity contribution >= 4 is 28.2 Å². The van der Waals surface area contributed by atoms with E-state index < -0.39 is 10.9 Å². The molecule has 0 aliphatic rings. The minimum absolute atomic E-state index is 0.0893. The van der Waals surface area contributed by atoms with Crippen LogP contribution in [0.2, 0.25) is 0 Å². The smallest absolute Gasteiger partial charge is 0.344 e. The highest BCUT2D eigenvalue weighted by Crippen LogP contribution is 2.24. The number of carbonyl (C=O) groups excluding carboxylic acids is 1. The third-order valence-corrected chi connectivity index (χ3v) is 3.80. The molecule has 7 nitrogen and oxygen atoms in total. The van der Waals surface area contributed by atoms with Gasteiger partial charge < -0.3 is 10.1 Å². The maximum absolute atomic E-state index is 11.8. The molecular weight excluding hydrogens is 322 g/mol. The van der Waals surface area contributed by atoms with Gasteiger partial charge in [0.25, 0.3) is 5.69 Å². The minimum atomic E-state index is -0.748. The quantitative estimate of drug-likeness (QED) is 0.435. The summed E-state index contributed by atoms with van der Waals surface area (Å²) in [6.07, 6.45) is 1.73. The fraction of sp³-hybridized carbons (Fsp3) is 0.111. The zero-order chi connectivity index (χ0) is 17.8. The van der Waals surface area contributed by atoms with Gasteiger partial charge in [-0.1, -0.05) is 24.3 Å². The first kappa shape index (κ1) is 16.4. The van der Waals surface area contributed by atoms with Crippen LogP contribution in [-0.2, 0) is 11.3 Å². The summed E-state index contributed by atoms with van der Waals surface area (Å²) in [7, 11) is 1.19. The van der Waals surface area contributed by atoms with Crippen molar-refractivity contribution in [2.45, 2.75) is 6.54 Å². The standard InChI is InChI=1S/C18H15N3O4/c1-25-18(22)15-10-14(7-8-16(15)21(23)24)20-11-13-5-2-4-12-6-3-9-19-17(12)13/h2-10,20H,11H2,1H3. The predicted octanol–water partition coefficient (Wildman–Crippen LogP) is 3.54. The molecule has 1 N–H and O–H groups in total. The molecule has 0 fully saturated rings. The highest BCUT2D eigenvalue weighted by molar-refractivity contribution is 5.95. The Morgan fingerprint density at radius 2 is 2.04 bits per heavy atom. The van der Waals surface area contributed by atoms with E-state index in [0.29, 0.717) is 12.2 Å². The number of anilines is 1. The number of rotatable bonds is 5. The van der Waals surface area contributed by atoms with E-state index in [4.69, 9.17) is 0 Å². The lowest BCUT2D eigenvalue weighted by molar-refractivity contribution is -0.385. The van der Waals surface area contributed by atoms with Gasteiger partial charge in [-0.15, -0.1) is 0 Å². The van der Waals surface area contributed by atoms with E-state index in [9.17, 15) is 14.9 Å². The molecule has 0 bridgehead atoms. The molecular formula is C18H15N3O4.